The Labute approximate surface area is 192 Å². The van der Waals surface area contributed by atoms with Crippen molar-refractivity contribution in [2.24, 2.45) is 0 Å². The Morgan fingerprint density at radius 3 is 2.70 bits per heavy atom. The number of imidazole rings is 1. The summed E-state index contributed by atoms with van der Waals surface area (Å²) in [6.07, 6.45) is 7.86. The lowest BCUT2D eigenvalue weighted by Crippen LogP contribution is -2.23. The van der Waals surface area contributed by atoms with Gasteiger partial charge < -0.3 is 20.5 Å². The molecule has 33 heavy (non-hydrogen) atoms. The lowest BCUT2D eigenvalue weighted by molar-refractivity contribution is 0.0946. The summed E-state index contributed by atoms with van der Waals surface area (Å²) in [5.41, 5.74) is 8.39. The topological polar surface area (TPSA) is 102 Å². The van der Waals surface area contributed by atoms with E-state index in [4.69, 9.17) is 5.73 Å². The van der Waals surface area contributed by atoms with E-state index in [9.17, 15) is 4.79 Å². The van der Waals surface area contributed by atoms with Crippen molar-refractivity contribution in [2.75, 3.05) is 23.7 Å². The fraction of sp³-hybridized carbons (Fsp3) is 0.280. The van der Waals surface area contributed by atoms with E-state index < -0.39 is 0 Å². The molecule has 0 bridgehead atoms. The zero-order valence-corrected chi connectivity index (χ0v) is 18.7. The molecule has 1 aliphatic rings. The average molecular weight is 442 g/mol. The molecule has 0 radical (unpaired) electrons. The van der Waals surface area contributed by atoms with Gasteiger partial charge in [0.15, 0.2) is 0 Å². The Hall–Kier alpha value is -3.94. The highest BCUT2D eigenvalue weighted by atomic mass is 16.1. The molecule has 1 saturated heterocycles. The second-order valence-electron chi connectivity index (χ2n) is 8.45. The number of hydrogen-bond acceptors (Lipinski definition) is 6. The van der Waals surface area contributed by atoms with Crippen molar-refractivity contribution in [2.45, 2.75) is 32.9 Å². The number of carbonyl (C=O) groups is 1. The molecule has 4 aromatic rings. The smallest absolute Gasteiger partial charge is 0.271 e. The second kappa shape index (κ2) is 8.90. The van der Waals surface area contributed by atoms with Gasteiger partial charge in [0, 0.05) is 43.6 Å². The van der Waals surface area contributed by atoms with Gasteiger partial charge in [-0.1, -0.05) is 18.2 Å². The number of amides is 1. The van der Waals surface area contributed by atoms with E-state index >= 15 is 0 Å². The summed E-state index contributed by atoms with van der Waals surface area (Å²) in [6.45, 7) is 5.10. The molecular formula is C25H27N7O. The van der Waals surface area contributed by atoms with Gasteiger partial charge in [-0.3, -0.25) is 4.79 Å². The summed E-state index contributed by atoms with van der Waals surface area (Å²) in [4.78, 5) is 28.2. The number of nitrogens with one attached hydrogen (secondary N) is 1. The first-order chi connectivity index (χ1) is 16.1. The van der Waals surface area contributed by atoms with E-state index in [0.717, 1.165) is 46.6 Å². The van der Waals surface area contributed by atoms with E-state index in [1.54, 1.807) is 12.4 Å². The largest absolute Gasteiger partial charge is 0.383 e. The van der Waals surface area contributed by atoms with Gasteiger partial charge in [0.05, 0.1) is 6.54 Å². The number of nitrogens with zero attached hydrogens (tertiary/aromatic N) is 5. The van der Waals surface area contributed by atoms with Crippen LogP contribution >= 0.6 is 0 Å². The fourth-order valence-electron chi connectivity index (χ4n) is 4.25. The third-order valence-corrected chi connectivity index (χ3v) is 6.11. The van der Waals surface area contributed by atoms with Crippen molar-refractivity contribution >= 4 is 28.3 Å². The van der Waals surface area contributed by atoms with E-state index in [-0.39, 0.29) is 5.91 Å². The van der Waals surface area contributed by atoms with E-state index in [2.05, 4.69) is 37.3 Å². The first-order valence-electron chi connectivity index (χ1n) is 11.2. The molecule has 1 fully saturated rings. The molecule has 1 aromatic carbocycles. The third-order valence-electron chi connectivity index (χ3n) is 6.11. The van der Waals surface area contributed by atoms with Gasteiger partial charge in [-0.25, -0.2) is 15.0 Å². The number of nitrogens with two attached hydrogens (primary N) is 1. The minimum Gasteiger partial charge on any atom is -0.383 e. The maximum absolute atomic E-state index is 12.7. The highest BCUT2D eigenvalue weighted by molar-refractivity contribution is 5.93. The number of rotatable bonds is 6. The summed E-state index contributed by atoms with van der Waals surface area (Å²) in [7, 11) is 0. The molecule has 0 saturated carbocycles. The summed E-state index contributed by atoms with van der Waals surface area (Å²) in [5.74, 6) is 2.13. The molecule has 8 nitrogen and oxygen atoms in total. The van der Waals surface area contributed by atoms with E-state index in [1.165, 1.54) is 12.8 Å². The van der Waals surface area contributed by atoms with Crippen LogP contribution in [0.2, 0.25) is 0 Å². The number of nitrogen functional groups attached to an aromatic ring is 1. The van der Waals surface area contributed by atoms with Crippen LogP contribution in [0.3, 0.4) is 0 Å². The highest BCUT2D eigenvalue weighted by Crippen LogP contribution is 2.20. The number of aromatic nitrogens is 4. The van der Waals surface area contributed by atoms with Crippen molar-refractivity contribution in [3.05, 3.63) is 77.6 Å². The molecule has 4 heterocycles. The van der Waals surface area contributed by atoms with Crippen LogP contribution in [0.5, 0.6) is 0 Å². The van der Waals surface area contributed by atoms with Gasteiger partial charge in [-0.2, -0.15) is 0 Å². The molecule has 3 N–H and O–H groups in total. The first-order valence-corrected chi connectivity index (χ1v) is 11.2. The number of aryl methyl sites for hydroxylation is 1. The lowest BCUT2D eigenvalue weighted by atomic mass is 10.1. The van der Waals surface area contributed by atoms with E-state index in [1.807, 2.05) is 42.0 Å². The predicted octanol–water partition coefficient (Wildman–Crippen LogP) is 3.30. The van der Waals surface area contributed by atoms with Crippen molar-refractivity contribution in [1.82, 2.24) is 24.8 Å². The normalized spacial score (nSPS) is 13.5. The molecule has 0 atom stereocenters. The quantitative estimate of drug-likeness (QED) is 0.476. The van der Waals surface area contributed by atoms with Crippen LogP contribution in [0.1, 0.15) is 40.3 Å². The zero-order valence-electron chi connectivity index (χ0n) is 18.7. The number of hydrogen-bond donors (Lipinski definition) is 2. The molecular weight excluding hydrogens is 414 g/mol. The molecule has 1 aliphatic heterocycles. The standard InChI is InChI=1S/C25H27N7O/c1-17-30-22(16-32(17)15-19-5-7-23(28-14-19)31-10-2-3-11-31)25(33)29-13-18-4-6-21-20(12-18)8-9-27-24(21)26/h4-9,12,14,16H,2-3,10-11,13,15H2,1H3,(H2,26,27)(H,29,33). The molecule has 5 rings (SSSR count). The molecule has 3 aromatic heterocycles. The van der Waals surface area contributed by atoms with Gasteiger partial charge in [-0.05, 0) is 54.5 Å². The minimum atomic E-state index is -0.200. The number of anilines is 2. The van der Waals surface area contributed by atoms with E-state index in [0.29, 0.717) is 24.6 Å². The maximum Gasteiger partial charge on any atom is 0.271 e. The van der Waals surface area contributed by atoms with Crippen molar-refractivity contribution in [3.63, 3.8) is 0 Å². The third kappa shape index (κ3) is 4.50. The summed E-state index contributed by atoms with van der Waals surface area (Å²) in [5, 5.41) is 4.86. The van der Waals surface area contributed by atoms with Gasteiger partial charge in [-0.15, -0.1) is 0 Å². The molecule has 1 amide bonds. The summed E-state index contributed by atoms with van der Waals surface area (Å²) < 4.78 is 1.98. The van der Waals surface area contributed by atoms with Crippen molar-refractivity contribution < 1.29 is 4.79 Å². The van der Waals surface area contributed by atoms with Crippen LogP contribution in [0, 0.1) is 6.92 Å². The number of benzene rings is 1. The molecule has 0 unspecified atom stereocenters. The predicted molar refractivity (Wildman–Crippen MR) is 129 cm³/mol. The SMILES string of the molecule is Cc1nc(C(=O)NCc2ccc3c(N)nccc3c2)cn1Cc1ccc(N2CCCC2)nc1. The second-order valence-corrected chi connectivity index (χ2v) is 8.45. The Morgan fingerprint density at radius 2 is 1.91 bits per heavy atom. The molecule has 0 spiro atoms. The van der Waals surface area contributed by atoms with Crippen LogP contribution in [-0.2, 0) is 13.1 Å². The highest BCUT2D eigenvalue weighted by Gasteiger charge is 2.15. The molecule has 8 heteroatoms. The van der Waals surface area contributed by atoms with Crippen LogP contribution in [0.4, 0.5) is 11.6 Å². The average Bonchev–Trinajstić information content (AvgIpc) is 3.49. The van der Waals surface area contributed by atoms with Crippen LogP contribution in [0.15, 0.2) is 55.0 Å². The number of fused-ring (bicyclic) bond motifs is 1. The van der Waals surface area contributed by atoms with Crippen molar-refractivity contribution in [1.29, 1.82) is 0 Å². The Bertz CT molecular complexity index is 1290. The maximum atomic E-state index is 12.7. The van der Waals surface area contributed by atoms with Gasteiger partial charge in [0.2, 0.25) is 0 Å². The zero-order chi connectivity index (χ0) is 22.8. The fourth-order valence-corrected chi connectivity index (χ4v) is 4.25. The molecule has 168 valence electrons. The summed E-state index contributed by atoms with van der Waals surface area (Å²) in [6, 6.07) is 12.0. The Balaban J connectivity index is 1.23. The number of carbonyl (C=O) groups excluding carboxylic acids is 1. The van der Waals surface area contributed by atoms with Crippen molar-refractivity contribution in [3.8, 4) is 0 Å². The van der Waals surface area contributed by atoms with Crippen LogP contribution < -0.4 is 16.0 Å². The Kier molecular flexibility index (Phi) is 5.64. The van der Waals surface area contributed by atoms with Crippen LogP contribution in [0.25, 0.3) is 10.8 Å². The first kappa shape index (κ1) is 20.9. The van der Waals surface area contributed by atoms with Gasteiger partial charge in [0.25, 0.3) is 5.91 Å². The molecule has 0 aliphatic carbocycles. The minimum absolute atomic E-state index is 0.200. The van der Waals surface area contributed by atoms with Crippen LogP contribution in [-0.4, -0.2) is 38.5 Å². The van der Waals surface area contributed by atoms with Gasteiger partial charge >= 0.3 is 0 Å². The van der Waals surface area contributed by atoms with Gasteiger partial charge in [0.1, 0.15) is 23.2 Å². The lowest BCUT2D eigenvalue weighted by Gasteiger charge is -2.16. The number of pyridine rings is 2. The monoisotopic (exact) mass is 441 g/mol. The summed E-state index contributed by atoms with van der Waals surface area (Å²) >= 11 is 0. The Morgan fingerprint density at radius 1 is 1.09 bits per heavy atom.